The van der Waals surface area contributed by atoms with Gasteiger partial charge in [-0.1, -0.05) is 6.92 Å². The van der Waals surface area contributed by atoms with Crippen molar-refractivity contribution in [3.8, 4) is 0 Å². The first-order valence-corrected chi connectivity index (χ1v) is 6.38. The van der Waals surface area contributed by atoms with Gasteiger partial charge in [-0.3, -0.25) is 4.79 Å². The maximum atomic E-state index is 11.1. The fourth-order valence-electron chi connectivity index (χ4n) is 1.06. The quantitative estimate of drug-likeness (QED) is 0.626. The third-order valence-corrected chi connectivity index (χ3v) is 3.82. The highest BCUT2D eigenvalue weighted by atomic mass is 32.2. The molecule has 0 aromatic heterocycles. The van der Waals surface area contributed by atoms with E-state index in [1.807, 2.05) is 0 Å². The number of nitrogens with two attached hydrogens (primary N) is 1. The van der Waals surface area contributed by atoms with Crippen LogP contribution in [0.2, 0.25) is 0 Å². The SMILES string of the molecule is CCS(=O)(=O)CCC(CCN)C(=O)O. The monoisotopic (exact) mass is 223 g/mol. The summed E-state index contributed by atoms with van der Waals surface area (Å²) >= 11 is 0. The van der Waals surface area contributed by atoms with Gasteiger partial charge in [-0.05, 0) is 19.4 Å². The number of carboxylic acids is 1. The van der Waals surface area contributed by atoms with Crippen molar-refractivity contribution in [2.24, 2.45) is 11.7 Å². The van der Waals surface area contributed by atoms with Crippen molar-refractivity contribution in [1.29, 1.82) is 0 Å². The first kappa shape index (κ1) is 13.4. The summed E-state index contributed by atoms with van der Waals surface area (Å²) in [7, 11) is -3.07. The first-order valence-electron chi connectivity index (χ1n) is 4.56. The topological polar surface area (TPSA) is 97.5 Å². The summed E-state index contributed by atoms with van der Waals surface area (Å²) in [6, 6.07) is 0. The smallest absolute Gasteiger partial charge is 0.306 e. The van der Waals surface area contributed by atoms with Gasteiger partial charge in [-0.15, -0.1) is 0 Å². The van der Waals surface area contributed by atoms with Crippen molar-refractivity contribution in [3.63, 3.8) is 0 Å². The van der Waals surface area contributed by atoms with Crippen molar-refractivity contribution in [3.05, 3.63) is 0 Å². The van der Waals surface area contributed by atoms with Crippen LogP contribution in [-0.2, 0) is 14.6 Å². The van der Waals surface area contributed by atoms with Gasteiger partial charge >= 0.3 is 5.97 Å². The lowest BCUT2D eigenvalue weighted by Crippen LogP contribution is -2.21. The Bertz CT molecular complexity index is 273. The van der Waals surface area contributed by atoms with Crippen LogP contribution < -0.4 is 5.73 Å². The standard InChI is InChI=1S/C8H17NO4S/c1-2-14(12,13)6-4-7(3-5-9)8(10)11/h7H,2-6,9H2,1H3,(H,10,11). The number of rotatable bonds is 7. The molecular formula is C8H17NO4S. The molecule has 1 atom stereocenters. The van der Waals surface area contributed by atoms with E-state index in [0.29, 0.717) is 6.42 Å². The van der Waals surface area contributed by atoms with Crippen LogP contribution >= 0.6 is 0 Å². The maximum absolute atomic E-state index is 11.1. The Morgan fingerprint density at radius 2 is 2.00 bits per heavy atom. The molecule has 0 bridgehead atoms. The fourth-order valence-corrected chi connectivity index (χ4v) is 1.99. The molecule has 0 aromatic rings. The van der Waals surface area contributed by atoms with Gasteiger partial charge in [0.05, 0.1) is 11.7 Å². The molecule has 3 N–H and O–H groups in total. The zero-order valence-corrected chi connectivity index (χ0v) is 9.09. The number of hydrogen-bond donors (Lipinski definition) is 2. The summed E-state index contributed by atoms with van der Waals surface area (Å²) < 4.78 is 22.2. The molecule has 0 aliphatic heterocycles. The lowest BCUT2D eigenvalue weighted by molar-refractivity contribution is -0.141. The van der Waals surface area contributed by atoms with Gasteiger partial charge in [0.15, 0.2) is 0 Å². The molecule has 5 nitrogen and oxygen atoms in total. The van der Waals surface area contributed by atoms with Gasteiger partial charge in [0.25, 0.3) is 0 Å². The van der Waals surface area contributed by atoms with Gasteiger partial charge in [-0.25, -0.2) is 8.42 Å². The second-order valence-electron chi connectivity index (χ2n) is 3.14. The van der Waals surface area contributed by atoms with Crippen LogP contribution in [0.1, 0.15) is 19.8 Å². The van der Waals surface area contributed by atoms with E-state index in [1.165, 1.54) is 0 Å². The Morgan fingerprint density at radius 3 is 2.36 bits per heavy atom. The molecule has 0 fully saturated rings. The van der Waals surface area contributed by atoms with E-state index in [1.54, 1.807) is 6.92 Å². The molecular weight excluding hydrogens is 206 g/mol. The van der Waals surface area contributed by atoms with E-state index in [2.05, 4.69) is 0 Å². The highest BCUT2D eigenvalue weighted by molar-refractivity contribution is 7.91. The maximum Gasteiger partial charge on any atom is 0.306 e. The summed E-state index contributed by atoms with van der Waals surface area (Å²) in [6.45, 7) is 1.82. The lowest BCUT2D eigenvalue weighted by atomic mass is 10.0. The second kappa shape index (κ2) is 5.98. The number of sulfone groups is 1. The van der Waals surface area contributed by atoms with E-state index >= 15 is 0 Å². The van der Waals surface area contributed by atoms with E-state index in [-0.39, 0.29) is 24.5 Å². The number of hydrogen-bond acceptors (Lipinski definition) is 4. The van der Waals surface area contributed by atoms with Crippen molar-refractivity contribution < 1.29 is 18.3 Å². The summed E-state index contributed by atoms with van der Waals surface area (Å²) in [6.07, 6.45) is 0.483. The minimum atomic E-state index is -3.07. The molecule has 0 saturated heterocycles. The molecule has 0 amide bonds. The van der Waals surface area contributed by atoms with Crippen LogP contribution in [-0.4, -0.2) is 37.5 Å². The minimum Gasteiger partial charge on any atom is -0.481 e. The number of aliphatic carboxylic acids is 1. The van der Waals surface area contributed by atoms with E-state index in [4.69, 9.17) is 10.8 Å². The highest BCUT2D eigenvalue weighted by Crippen LogP contribution is 2.10. The zero-order valence-electron chi connectivity index (χ0n) is 8.27. The molecule has 0 aliphatic rings. The summed E-state index contributed by atoms with van der Waals surface area (Å²) in [4.78, 5) is 10.6. The van der Waals surface area contributed by atoms with Crippen LogP contribution in [0.15, 0.2) is 0 Å². The summed E-state index contributed by atoms with van der Waals surface area (Å²) in [5.74, 6) is -1.62. The molecule has 1 unspecified atom stereocenters. The van der Waals surface area contributed by atoms with Crippen molar-refractivity contribution in [1.82, 2.24) is 0 Å². The highest BCUT2D eigenvalue weighted by Gasteiger charge is 2.19. The van der Waals surface area contributed by atoms with E-state index in [0.717, 1.165) is 0 Å². The average molecular weight is 223 g/mol. The molecule has 0 aromatic carbocycles. The predicted octanol–water partition coefficient (Wildman–Crippen LogP) is -0.139. The molecule has 0 spiro atoms. The van der Waals surface area contributed by atoms with Gasteiger partial charge in [-0.2, -0.15) is 0 Å². The lowest BCUT2D eigenvalue weighted by Gasteiger charge is -2.10. The molecule has 84 valence electrons. The van der Waals surface area contributed by atoms with Gasteiger partial charge in [0.1, 0.15) is 9.84 Å². The van der Waals surface area contributed by atoms with Gasteiger partial charge < -0.3 is 10.8 Å². The number of carbonyl (C=O) groups is 1. The Labute approximate surface area is 84.2 Å². The molecule has 0 aliphatic carbocycles. The minimum absolute atomic E-state index is 0.0575. The van der Waals surface area contributed by atoms with Crippen LogP contribution in [0, 0.1) is 5.92 Å². The van der Waals surface area contributed by atoms with Crippen molar-refractivity contribution >= 4 is 15.8 Å². The van der Waals surface area contributed by atoms with Gasteiger partial charge in [0.2, 0.25) is 0 Å². The Hall–Kier alpha value is -0.620. The number of carboxylic acid groups (broad SMARTS) is 1. The molecule has 0 rings (SSSR count). The Morgan fingerprint density at radius 1 is 1.43 bits per heavy atom. The van der Waals surface area contributed by atoms with Crippen LogP contribution in [0.3, 0.4) is 0 Å². The van der Waals surface area contributed by atoms with Crippen LogP contribution in [0.4, 0.5) is 0 Å². The van der Waals surface area contributed by atoms with Gasteiger partial charge in [0, 0.05) is 5.75 Å². The largest absolute Gasteiger partial charge is 0.481 e. The zero-order chi connectivity index (χ0) is 11.2. The molecule has 0 radical (unpaired) electrons. The Balaban J connectivity index is 4.13. The molecule has 6 heteroatoms. The third kappa shape index (κ3) is 5.18. The van der Waals surface area contributed by atoms with Crippen LogP contribution in [0.25, 0.3) is 0 Å². The Kier molecular flexibility index (Phi) is 5.71. The normalized spacial score (nSPS) is 13.9. The first-order chi connectivity index (χ1) is 6.43. The van der Waals surface area contributed by atoms with Crippen LogP contribution in [0.5, 0.6) is 0 Å². The van der Waals surface area contributed by atoms with E-state index in [9.17, 15) is 13.2 Å². The summed E-state index contributed by atoms with van der Waals surface area (Å²) in [5.41, 5.74) is 5.23. The second-order valence-corrected chi connectivity index (χ2v) is 5.61. The predicted molar refractivity (Wildman–Crippen MR) is 53.7 cm³/mol. The summed E-state index contributed by atoms with van der Waals surface area (Å²) in [5, 5.41) is 8.72. The third-order valence-electron chi connectivity index (χ3n) is 2.08. The molecule has 0 saturated carbocycles. The van der Waals surface area contributed by atoms with Crippen molar-refractivity contribution in [2.45, 2.75) is 19.8 Å². The van der Waals surface area contributed by atoms with Crippen molar-refractivity contribution in [2.75, 3.05) is 18.1 Å². The average Bonchev–Trinajstić information content (AvgIpc) is 2.12. The molecule has 14 heavy (non-hydrogen) atoms. The molecule has 0 heterocycles. The van der Waals surface area contributed by atoms with E-state index < -0.39 is 21.7 Å². The fraction of sp³-hybridized carbons (Fsp3) is 0.875.